The molecule has 1 saturated heterocycles. The molecule has 3 aliphatic heterocycles. The van der Waals surface area contributed by atoms with Crippen molar-refractivity contribution in [3.63, 3.8) is 0 Å². The fourth-order valence-electron chi connectivity index (χ4n) is 10.0. The predicted molar refractivity (Wildman–Crippen MR) is 216 cm³/mol. The third-order valence-corrected chi connectivity index (χ3v) is 16.4. The molecule has 1 aromatic carbocycles. The van der Waals surface area contributed by atoms with Crippen molar-refractivity contribution >= 4 is 44.6 Å². The summed E-state index contributed by atoms with van der Waals surface area (Å²) in [7, 11) is -2.33. The number of nitrogens with zero attached hydrogens (tertiary/aromatic N) is 2. The van der Waals surface area contributed by atoms with E-state index < -0.39 is 55.7 Å². The van der Waals surface area contributed by atoms with Gasteiger partial charge in [-0.05, 0) is 102 Å². The summed E-state index contributed by atoms with van der Waals surface area (Å²) in [6.45, 7) is 1.74. The maximum absolute atomic E-state index is 15.0. The van der Waals surface area contributed by atoms with Crippen LogP contribution in [0.4, 0.5) is 0 Å². The molecule has 14 heteroatoms. The van der Waals surface area contributed by atoms with E-state index in [1.807, 2.05) is 30.4 Å². The maximum Gasteiger partial charge on any atom is 0.259 e. The van der Waals surface area contributed by atoms with E-state index in [1.165, 1.54) is 0 Å². The van der Waals surface area contributed by atoms with Crippen molar-refractivity contribution in [3.8, 4) is 11.5 Å². The maximum atomic E-state index is 15.0. The van der Waals surface area contributed by atoms with Gasteiger partial charge in [0, 0.05) is 41.7 Å². The van der Waals surface area contributed by atoms with Crippen molar-refractivity contribution in [2.75, 3.05) is 13.7 Å². The van der Waals surface area contributed by atoms with Crippen LogP contribution in [0.5, 0.6) is 11.5 Å². The van der Waals surface area contributed by atoms with E-state index in [4.69, 9.17) is 14.5 Å². The number of nitrogens with one attached hydrogen (secondary N) is 3. The molecule has 5 fully saturated rings. The van der Waals surface area contributed by atoms with Gasteiger partial charge in [0.15, 0.2) is 0 Å². The van der Waals surface area contributed by atoms with E-state index >= 15 is 0 Å². The number of carbonyl (C=O) groups is 4. The summed E-state index contributed by atoms with van der Waals surface area (Å²) in [5, 5.41) is 7.10. The van der Waals surface area contributed by atoms with Gasteiger partial charge in [0.2, 0.25) is 27.7 Å². The third-order valence-electron chi connectivity index (χ3n) is 14.3. The van der Waals surface area contributed by atoms with Gasteiger partial charge in [0.05, 0.1) is 29.6 Å². The molecule has 4 aliphatic carbocycles. The number of aromatic nitrogens is 1. The Morgan fingerprint density at radius 1 is 1.02 bits per heavy atom. The molecule has 4 amide bonds. The van der Waals surface area contributed by atoms with Gasteiger partial charge in [-0.1, -0.05) is 37.8 Å². The van der Waals surface area contributed by atoms with Gasteiger partial charge in [-0.3, -0.25) is 23.9 Å². The second kappa shape index (κ2) is 14.8. The molecule has 5 atom stereocenters. The van der Waals surface area contributed by atoms with Gasteiger partial charge in [0.25, 0.3) is 5.91 Å². The van der Waals surface area contributed by atoms with E-state index in [0.29, 0.717) is 50.9 Å². The molecule has 312 valence electrons. The number of hydrogen-bond donors (Lipinski definition) is 3. The first-order valence-electron chi connectivity index (χ1n) is 21.7. The molecule has 9 rings (SSSR count). The number of sulfonamides is 1. The van der Waals surface area contributed by atoms with Gasteiger partial charge in [-0.2, -0.15) is 0 Å². The van der Waals surface area contributed by atoms with Crippen LogP contribution in [0.2, 0.25) is 0 Å². The number of amides is 4. The highest BCUT2D eigenvalue weighted by Gasteiger charge is 2.64. The van der Waals surface area contributed by atoms with Crippen LogP contribution < -0.4 is 24.8 Å². The molecule has 13 nitrogen and oxygen atoms in total. The Hall–Kier alpha value is -4.20. The van der Waals surface area contributed by atoms with Crippen molar-refractivity contribution in [3.05, 3.63) is 41.6 Å². The highest BCUT2D eigenvalue weighted by molar-refractivity contribution is 7.91. The summed E-state index contributed by atoms with van der Waals surface area (Å²) in [5.74, 6) is -0.144. The van der Waals surface area contributed by atoms with Crippen LogP contribution in [-0.4, -0.2) is 83.6 Å². The van der Waals surface area contributed by atoms with Gasteiger partial charge >= 0.3 is 0 Å². The lowest BCUT2D eigenvalue weighted by Crippen LogP contribution is -2.58. The Bertz CT molecular complexity index is 2160. The number of benzene rings is 1. The summed E-state index contributed by atoms with van der Waals surface area (Å²) < 4.78 is 40.5. The van der Waals surface area contributed by atoms with Crippen LogP contribution >= 0.6 is 0 Å². The van der Waals surface area contributed by atoms with Crippen molar-refractivity contribution in [2.24, 2.45) is 11.8 Å². The monoisotopic (exact) mass is 815 g/mol. The number of ether oxygens (including phenoxy) is 2. The molecule has 0 radical (unpaired) electrons. The molecule has 1 spiro atoms. The van der Waals surface area contributed by atoms with Crippen LogP contribution in [0.15, 0.2) is 30.4 Å². The number of fused-ring (bicyclic) bond motifs is 5. The molecule has 7 aliphatic rings. The first kappa shape index (κ1) is 39.3. The van der Waals surface area contributed by atoms with Gasteiger partial charge < -0.3 is 25.0 Å². The van der Waals surface area contributed by atoms with Crippen LogP contribution in [-0.2, 0) is 35.6 Å². The normalized spacial score (nSPS) is 31.5. The molecule has 4 heterocycles. The van der Waals surface area contributed by atoms with E-state index in [9.17, 15) is 27.6 Å². The Morgan fingerprint density at radius 3 is 2.53 bits per heavy atom. The van der Waals surface area contributed by atoms with Crippen LogP contribution in [0.3, 0.4) is 0 Å². The number of hydrogen-bond acceptors (Lipinski definition) is 9. The first-order valence-corrected chi connectivity index (χ1v) is 23.2. The lowest BCUT2D eigenvalue weighted by atomic mass is 9.86. The molecular weight excluding hydrogens is 759 g/mol. The molecule has 0 bridgehead atoms. The number of aryl methyl sites for hydroxylation is 1. The standard InChI is InChI=1S/C44H57N5O8S/c1-42(20-21-42)58(54,55)48-41(53)44-24-29(44)12-6-4-3-5-7-13-33(45-36(50)22-27-10-8-9-11-27)40(52)49-26-43(25-35(49)39(51)47-44)19-18-32-31-17-16-30(56-2)23-34(31)46-37(28-14-15-28)38(32)57-43/h6,12,16-17,23,27-29,33,35H,3-5,7-11,13-15,18-22,24-26H2,1-2H3,(H,45,50)(H,47,51)(H,48,53)/b12-6-/t29-,33+,35+,43-,44-/m1/s1. The van der Waals surface area contributed by atoms with Crippen LogP contribution in [0, 0.1) is 11.8 Å². The quantitative estimate of drug-likeness (QED) is 0.301. The molecular formula is C44H57N5O8S. The fourth-order valence-corrected chi connectivity index (χ4v) is 11.3. The zero-order chi connectivity index (χ0) is 40.5. The zero-order valence-electron chi connectivity index (χ0n) is 33.8. The largest absolute Gasteiger partial charge is 0.497 e. The third kappa shape index (κ3) is 7.36. The molecule has 3 N–H and O–H groups in total. The van der Waals surface area contributed by atoms with Crippen molar-refractivity contribution in [1.82, 2.24) is 25.2 Å². The van der Waals surface area contributed by atoms with Gasteiger partial charge in [0.1, 0.15) is 34.7 Å². The molecule has 1 aromatic heterocycles. The number of rotatable bonds is 8. The summed E-state index contributed by atoms with van der Waals surface area (Å²) >= 11 is 0. The van der Waals surface area contributed by atoms with E-state index in [1.54, 1.807) is 18.9 Å². The SMILES string of the molecule is COc1ccc2c3c(c(C4CC4)nc2c1)O[C@]1(CC3)C[C@H]2C(=O)N[C@]3(C(=O)NS(=O)(=O)C4(C)CC4)C[C@H]3/C=C\CCCCC[C@H](NC(=O)CC3CCCC3)C(=O)N2C1. The minimum Gasteiger partial charge on any atom is -0.497 e. The van der Waals surface area contributed by atoms with Crippen molar-refractivity contribution in [2.45, 2.75) is 156 Å². The second-order valence-electron chi connectivity index (χ2n) is 18.6. The summed E-state index contributed by atoms with van der Waals surface area (Å²) in [4.78, 5) is 64.1. The lowest BCUT2D eigenvalue weighted by Gasteiger charge is -2.37. The summed E-state index contributed by atoms with van der Waals surface area (Å²) in [6.07, 6.45) is 16.6. The summed E-state index contributed by atoms with van der Waals surface area (Å²) in [5.41, 5.74) is 0.391. The lowest BCUT2D eigenvalue weighted by molar-refractivity contribution is -0.142. The molecule has 58 heavy (non-hydrogen) atoms. The average Bonchev–Trinajstić information content (AvgIpc) is 4.17. The predicted octanol–water partition coefficient (Wildman–Crippen LogP) is 5.24. The Morgan fingerprint density at radius 2 is 1.79 bits per heavy atom. The van der Waals surface area contributed by atoms with Gasteiger partial charge in [-0.25, -0.2) is 13.4 Å². The minimum absolute atomic E-state index is 0.123. The van der Waals surface area contributed by atoms with E-state index in [-0.39, 0.29) is 37.1 Å². The number of methoxy groups -OCH3 is 1. The average molecular weight is 816 g/mol. The van der Waals surface area contributed by atoms with Crippen molar-refractivity contribution in [1.29, 1.82) is 0 Å². The van der Waals surface area contributed by atoms with Gasteiger partial charge in [-0.15, -0.1) is 0 Å². The van der Waals surface area contributed by atoms with Crippen molar-refractivity contribution < 1.29 is 37.1 Å². The van der Waals surface area contributed by atoms with E-state index in [0.717, 1.165) is 91.4 Å². The number of allylic oxidation sites excluding steroid dienone is 1. The topological polar surface area (TPSA) is 173 Å². The Labute approximate surface area is 340 Å². The minimum atomic E-state index is -3.97. The Kier molecular flexibility index (Phi) is 10.0. The zero-order valence-corrected chi connectivity index (χ0v) is 34.6. The first-order chi connectivity index (χ1) is 27.8. The number of pyridine rings is 1. The summed E-state index contributed by atoms with van der Waals surface area (Å²) in [6, 6.07) is 4.04. The van der Waals surface area contributed by atoms with Crippen LogP contribution in [0.25, 0.3) is 10.9 Å². The second-order valence-corrected chi connectivity index (χ2v) is 20.8. The van der Waals surface area contributed by atoms with E-state index in [2.05, 4.69) is 15.4 Å². The molecule has 2 aromatic rings. The highest BCUT2D eigenvalue weighted by Crippen LogP contribution is 2.52. The highest BCUT2D eigenvalue weighted by atomic mass is 32.2. The molecule has 0 unspecified atom stereocenters. The Balaban J connectivity index is 1.05. The fraction of sp³-hybridized carbons (Fsp3) is 0.659. The van der Waals surface area contributed by atoms with Crippen LogP contribution in [0.1, 0.15) is 133 Å². The smallest absolute Gasteiger partial charge is 0.259 e. The number of carbonyl (C=O) groups excluding carboxylic acids is 4. The molecule has 4 saturated carbocycles.